The molecule has 0 radical (unpaired) electrons. The molecule has 10 heavy (non-hydrogen) atoms. The average molecular weight is 190 g/mol. The van der Waals surface area contributed by atoms with Gasteiger partial charge >= 0.3 is 33.2 Å². The molecule has 0 aromatic carbocycles. The van der Waals surface area contributed by atoms with Gasteiger partial charge in [-0.25, -0.2) is 8.78 Å². The molecule has 3 nitrogen and oxygen atoms in total. The minimum atomic E-state index is -4.96. The van der Waals surface area contributed by atoms with Crippen LogP contribution in [0.25, 0.3) is 0 Å². The number of hydrogen-bond acceptors (Lipinski definition) is 3. The van der Waals surface area contributed by atoms with Gasteiger partial charge < -0.3 is 2.85 Å². The Morgan fingerprint density at radius 3 is 2.10 bits per heavy atom. The third-order valence-corrected chi connectivity index (χ3v) is 1.45. The summed E-state index contributed by atoms with van der Waals surface area (Å²) in [5, 5.41) is 0. The van der Waals surface area contributed by atoms with Crippen molar-refractivity contribution in [2.75, 3.05) is 6.67 Å². The van der Waals surface area contributed by atoms with Crippen LogP contribution in [0.1, 0.15) is 2.85 Å². The van der Waals surface area contributed by atoms with Gasteiger partial charge in [0.1, 0.15) is 6.67 Å². The molecule has 8 heteroatoms. The van der Waals surface area contributed by atoms with Gasteiger partial charge in [0, 0.05) is 0 Å². The molecule has 1 unspecified atom stereocenters. The Bertz CT molecular complexity index is 176. The van der Waals surface area contributed by atoms with Gasteiger partial charge in [-0.15, -0.1) is 0 Å². The molecule has 60 valence electrons. The molecular formula is C2H5F3MgO3S. The first-order valence-corrected chi connectivity index (χ1v) is 3.26. The van der Waals surface area contributed by atoms with E-state index in [4.69, 9.17) is 0 Å². The van der Waals surface area contributed by atoms with Crippen LogP contribution in [0.3, 0.4) is 0 Å². The van der Waals surface area contributed by atoms with Crippen molar-refractivity contribution in [3.63, 3.8) is 0 Å². The van der Waals surface area contributed by atoms with Crippen LogP contribution in [0.5, 0.6) is 0 Å². The minimum absolute atomic E-state index is 0. The van der Waals surface area contributed by atoms with Gasteiger partial charge in [-0.3, -0.25) is 0 Å². The molecule has 0 aromatic rings. The van der Waals surface area contributed by atoms with Crippen molar-refractivity contribution < 1.29 is 29.0 Å². The second-order valence-electron chi connectivity index (χ2n) is 1.12. The van der Waals surface area contributed by atoms with E-state index in [1.807, 2.05) is 0 Å². The molecule has 0 saturated heterocycles. The molecule has 0 spiro atoms. The summed E-state index contributed by atoms with van der Waals surface area (Å²) >= 11 is 0. The Balaban J connectivity index is -0.000000107. The first-order chi connectivity index (χ1) is 4.04. The Morgan fingerprint density at radius 2 is 2.00 bits per heavy atom. The molecule has 0 bridgehead atoms. The van der Waals surface area contributed by atoms with E-state index >= 15 is 0 Å². The Labute approximate surface area is 74.7 Å². The van der Waals surface area contributed by atoms with Gasteiger partial charge in [-0.1, -0.05) is 4.39 Å². The van der Waals surface area contributed by atoms with E-state index in [0.717, 1.165) is 0 Å². The normalized spacial score (nSPS) is 13.9. The summed E-state index contributed by atoms with van der Waals surface area (Å²) in [5.74, 6) is 0. The molecule has 0 heterocycles. The van der Waals surface area contributed by atoms with Crippen LogP contribution in [0, 0.1) is 0 Å². The monoisotopic (exact) mass is 190 g/mol. The van der Waals surface area contributed by atoms with Crippen LogP contribution in [0.15, 0.2) is 0 Å². The zero-order chi connectivity index (χ0) is 7.49. The van der Waals surface area contributed by atoms with Crippen LogP contribution in [-0.4, -0.2) is 43.6 Å². The van der Waals surface area contributed by atoms with Gasteiger partial charge in [-0.2, -0.15) is 8.42 Å². The Kier molecular flexibility index (Phi) is 6.75. The number of hydrogen-bond donors (Lipinski definition) is 0. The first kappa shape index (κ1) is 13.1. The predicted octanol–water partition coefficient (Wildman–Crippen LogP) is 0.327. The van der Waals surface area contributed by atoms with E-state index < -0.39 is 22.3 Å². The number of alkyl halides is 2. The van der Waals surface area contributed by atoms with Crippen LogP contribution in [0.2, 0.25) is 0 Å². The zero-order valence-corrected chi connectivity index (χ0v) is 6.99. The molecule has 0 amide bonds. The van der Waals surface area contributed by atoms with Crippen molar-refractivity contribution in [2.45, 2.75) is 5.50 Å². The quantitative estimate of drug-likeness (QED) is 0.602. The zero-order valence-electron chi connectivity index (χ0n) is 6.76. The number of rotatable bonds is 3. The van der Waals surface area contributed by atoms with Crippen molar-refractivity contribution in [2.24, 2.45) is 0 Å². The van der Waals surface area contributed by atoms with Gasteiger partial charge in [0.15, 0.2) is 0 Å². The van der Waals surface area contributed by atoms with Gasteiger partial charge in [-0.05, 0) is 4.53 Å². The second-order valence-corrected chi connectivity index (χ2v) is 2.74. The van der Waals surface area contributed by atoms with Crippen LogP contribution < -0.4 is 0 Å². The van der Waals surface area contributed by atoms with Crippen LogP contribution in [0.4, 0.5) is 13.3 Å². The van der Waals surface area contributed by atoms with Gasteiger partial charge in [0.05, 0.1) is 0 Å². The molecule has 0 saturated carbocycles. The van der Waals surface area contributed by atoms with E-state index in [-0.39, 0.29) is 25.9 Å². The Morgan fingerprint density at radius 1 is 1.60 bits per heavy atom. The SMILES string of the molecule is O=S(=O)(OF)C(F)CF.[H-].[H-].[Mg+2]. The van der Waals surface area contributed by atoms with Crippen LogP contribution in [-0.2, 0) is 14.5 Å². The van der Waals surface area contributed by atoms with Crippen molar-refractivity contribution in [3.8, 4) is 0 Å². The van der Waals surface area contributed by atoms with Crippen molar-refractivity contribution in [1.82, 2.24) is 0 Å². The third kappa shape index (κ3) is 3.59. The third-order valence-electron chi connectivity index (χ3n) is 0.522. The summed E-state index contributed by atoms with van der Waals surface area (Å²) in [6.07, 6.45) is 0. The standard InChI is InChI=1S/C2H3F3O3S.Mg.2H/c3-1-2(4)9(6,7)8-5;;;/h2H,1H2;;;/q;+2;2*-1. The minimum Gasteiger partial charge on any atom is -1.00 e. The fourth-order valence-electron chi connectivity index (χ4n) is 0.117. The molecule has 0 aliphatic carbocycles. The molecule has 0 N–H and O–H groups in total. The summed E-state index contributed by atoms with van der Waals surface area (Å²) in [7, 11) is -4.96. The molecule has 0 rings (SSSR count). The van der Waals surface area contributed by atoms with Crippen molar-refractivity contribution in [1.29, 1.82) is 0 Å². The van der Waals surface area contributed by atoms with E-state index in [0.29, 0.717) is 0 Å². The predicted molar refractivity (Wildman–Crippen MR) is 30.0 cm³/mol. The Hall–Kier alpha value is 0.466. The molecular weight excluding hydrogens is 185 g/mol. The van der Waals surface area contributed by atoms with E-state index in [1.165, 1.54) is 0 Å². The summed E-state index contributed by atoms with van der Waals surface area (Å²) in [4.78, 5) is 0. The van der Waals surface area contributed by atoms with Crippen molar-refractivity contribution in [3.05, 3.63) is 0 Å². The van der Waals surface area contributed by atoms with Crippen molar-refractivity contribution >= 4 is 33.2 Å². The maximum absolute atomic E-state index is 11.6. The van der Waals surface area contributed by atoms with Crippen LogP contribution >= 0.6 is 0 Å². The van der Waals surface area contributed by atoms with E-state index in [2.05, 4.69) is 4.39 Å². The smallest absolute Gasteiger partial charge is 1.00 e. The molecule has 0 aliphatic rings. The molecule has 0 aromatic heterocycles. The molecule has 0 aliphatic heterocycles. The average Bonchev–Trinajstić information content (AvgIpc) is 1.86. The van der Waals surface area contributed by atoms with Gasteiger partial charge in [0.25, 0.3) is 5.50 Å². The van der Waals surface area contributed by atoms with E-state index in [9.17, 15) is 21.7 Å². The number of halogens is 3. The molecule has 1 atom stereocenters. The summed E-state index contributed by atoms with van der Waals surface area (Å²) in [5.41, 5.74) is -2.93. The molecule has 0 fully saturated rings. The fraction of sp³-hybridized carbons (Fsp3) is 1.00. The van der Waals surface area contributed by atoms with Gasteiger partial charge in [0.2, 0.25) is 0 Å². The van der Waals surface area contributed by atoms with E-state index in [1.54, 1.807) is 0 Å². The largest absolute Gasteiger partial charge is 2.00 e. The summed E-state index contributed by atoms with van der Waals surface area (Å²) in [6, 6.07) is 0. The topological polar surface area (TPSA) is 43.4 Å². The maximum atomic E-state index is 11.6. The first-order valence-electron chi connectivity index (χ1n) is 1.78. The summed E-state index contributed by atoms with van der Waals surface area (Å²) < 4.78 is 54.9. The summed E-state index contributed by atoms with van der Waals surface area (Å²) in [6.45, 7) is -1.81. The maximum Gasteiger partial charge on any atom is 2.00 e. The fourth-order valence-corrected chi connectivity index (χ4v) is 0.350. The second kappa shape index (κ2) is 5.16.